The number of hydrogen-bond donors (Lipinski definition) is 1. The van der Waals surface area contributed by atoms with Crippen LogP contribution in [0.1, 0.15) is 5.56 Å². The van der Waals surface area contributed by atoms with E-state index >= 15 is 0 Å². The molecule has 0 fully saturated rings. The van der Waals surface area contributed by atoms with E-state index in [1.54, 1.807) is 24.3 Å². The molecule has 0 saturated carbocycles. The van der Waals surface area contributed by atoms with E-state index in [1.165, 1.54) is 0 Å². The zero-order chi connectivity index (χ0) is 8.27. The summed E-state index contributed by atoms with van der Waals surface area (Å²) < 4.78 is 0. The second-order valence-corrected chi connectivity index (χ2v) is 2.25. The summed E-state index contributed by atoms with van der Waals surface area (Å²) in [7, 11) is 0. The Labute approximate surface area is 113 Å². The molecule has 1 rings (SSSR count). The van der Waals surface area contributed by atoms with Crippen molar-refractivity contribution in [3.63, 3.8) is 0 Å². The number of anilines is 1. The van der Waals surface area contributed by atoms with Crippen molar-refractivity contribution in [1.82, 2.24) is 0 Å². The Morgan fingerprint density at radius 3 is 2.50 bits per heavy atom. The minimum absolute atomic E-state index is 0. The molecule has 0 saturated heterocycles. The molecule has 0 radical (unpaired) electrons. The van der Waals surface area contributed by atoms with Gasteiger partial charge < -0.3 is 15.6 Å². The first kappa shape index (κ1) is 12.1. The molecule has 0 atom stereocenters. The first-order valence-corrected chi connectivity index (χ1v) is 3.23. The van der Waals surface area contributed by atoms with Crippen molar-refractivity contribution >= 4 is 11.7 Å². The monoisotopic (exact) mass is 189 g/mol. The third-order valence-corrected chi connectivity index (χ3v) is 1.39. The van der Waals surface area contributed by atoms with Gasteiger partial charge in [-0.15, -0.1) is 0 Å². The summed E-state index contributed by atoms with van der Waals surface area (Å²) in [5.74, 6) is -1.11. The number of benzene rings is 1. The number of carboxylic acid groups (broad SMARTS) is 1. The van der Waals surface area contributed by atoms with Crippen molar-refractivity contribution in [3.05, 3.63) is 29.8 Å². The van der Waals surface area contributed by atoms with Crippen LogP contribution < -0.4 is 62.2 Å². The second kappa shape index (κ2) is 5.72. The van der Waals surface area contributed by atoms with Crippen molar-refractivity contribution in [3.8, 4) is 0 Å². The first-order chi connectivity index (χ1) is 5.20. The van der Waals surface area contributed by atoms with Gasteiger partial charge in [0.1, 0.15) is 0 Å². The first-order valence-electron chi connectivity index (χ1n) is 3.23. The molecule has 0 heterocycles. The Bertz CT molecular complexity index is 276. The molecule has 0 aliphatic carbocycles. The molecule has 0 aromatic heterocycles. The molecular weight excluding hydrogens is 181 g/mol. The van der Waals surface area contributed by atoms with Crippen molar-refractivity contribution < 1.29 is 61.3 Å². The maximum absolute atomic E-state index is 10.2. The van der Waals surface area contributed by atoms with Crippen LogP contribution in [0.2, 0.25) is 0 Å². The van der Waals surface area contributed by atoms with Crippen LogP contribution in [0.4, 0.5) is 5.69 Å². The van der Waals surface area contributed by atoms with Gasteiger partial charge in [0, 0.05) is 18.1 Å². The van der Waals surface area contributed by atoms with Crippen LogP contribution in [0.5, 0.6) is 0 Å². The van der Waals surface area contributed by atoms with Crippen molar-refractivity contribution in [1.29, 1.82) is 0 Å². The van der Waals surface area contributed by atoms with Gasteiger partial charge in [-0.05, 0) is 11.6 Å². The fraction of sp³-hybridized carbons (Fsp3) is 0.125. The Kier molecular flexibility index (Phi) is 5.78. The number of para-hydroxylation sites is 1. The van der Waals surface area contributed by atoms with Gasteiger partial charge in [0.25, 0.3) is 0 Å². The molecule has 0 bridgehead atoms. The standard InChI is InChI=1S/C8H9NO2.K/c9-7-4-2-1-3-6(7)5-8(10)11;/h1-4H,5,9H2,(H,10,11);/q;+1/p-1. The second-order valence-electron chi connectivity index (χ2n) is 2.25. The number of nitrogen functional groups attached to an aromatic ring is 1. The van der Waals surface area contributed by atoms with Crippen LogP contribution in [-0.2, 0) is 11.2 Å². The van der Waals surface area contributed by atoms with Gasteiger partial charge in [-0.25, -0.2) is 0 Å². The Morgan fingerprint density at radius 2 is 2.00 bits per heavy atom. The maximum atomic E-state index is 10.2. The van der Waals surface area contributed by atoms with Crippen molar-refractivity contribution in [2.24, 2.45) is 0 Å². The fourth-order valence-corrected chi connectivity index (χ4v) is 0.851. The van der Waals surface area contributed by atoms with Crippen molar-refractivity contribution in [2.45, 2.75) is 6.42 Å². The van der Waals surface area contributed by atoms with E-state index in [1.807, 2.05) is 0 Å². The van der Waals surface area contributed by atoms with Gasteiger partial charge in [-0.2, -0.15) is 0 Å². The van der Waals surface area contributed by atoms with E-state index in [4.69, 9.17) is 5.73 Å². The molecule has 1 aromatic rings. The van der Waals surface area contributed by atoms with Crippen LogP contribution in [0, 0.1) is 0 Å². The molecule has 0 aliphatic heterocycles. The summed E-state index contributed by atoms with van der Waals surface area (Å²) >= 11 is 0. The van der Waals surface area contributed by atoms with Gasteiger partial charge >= 0.3 is 51.4 Å². The van der Waals surface area contributed by atoms with E-state index in [0.29, 0.717) is 11.3 Å². The summed E-state index contributed by atoms with van der Waals surface area (Å²) in [4.78, 5) is 10.2. The number of carbonyl (C=O) groups is 1. The Hall–Kier alpha value is 0.126. The topological polar surface area (TPSA) is 66.2 Å². The van der Waals surface area contributed by atoms with Crippen molar-refractivity contribution in [2.75, 3.05) is 5.73 Å². The predicted octanol–water partition coefficient (Wildman–Crippen LogP) is -3.43. The third kappa shape index (κ3) is 3.69. The number of carboxylic acids is 1. The van der Waals surface area contributed by atoms with E-state index < -0.39 is 5.97 Å². The molecule has 0 aliphatic rings. The van der Waals surface area contributed by atoms with Gasteiger partial charge in [0.15, 0.2) is 0 Å². The van der Waals surface area contributed by atoms with Crippen LogP contribution in [0.25, 0.3) is 0 Å². The third-order valence-electron chi connectivity index (χ3n) is 1.39. The number of carbonyl (C=O) groups excluding carboxylic acids is 1. The SMILES string of the molecule is Nc1ccccc1CC(=O)[O-].[K+]. The predicted molar refractivity (Wildman–Crippen MR) is 39.6 cm³/mol. The fourth-order valence-electron chi connectivity index (χ4n) is 0.851. The summed E-state index contributed by atoms with van der Waals surface area (Å²) in [6.07, 6.45) is -0.118. The number of rotatable bonds is 2. The van der Waals surface area contributed by atoms with Gasteiger partial charge in [-0.3, -0.25) is 0 Å². The Morgan fingerprint density at radius 1 is 1.42 bits per heavy atom. The van der Waals surface area contributed by atoms with E-state index in [0.717, 1.165) is 0 Å². The van der Waals surface area contributed by atoms with Gasteiger partial charge in [0.05, 0.1) is 0 Å². The minimum atomic E-state index is -1.11. The normalized spacial score (nSPS) is 8.67. The quantitative estimate of drug-likeness (QED) is 0.389. The molecule has 4 heteroatoms. The average molecular weight is 189 g/mol. The average Bonchev–Trinajstić information content (AvgIpc) is 1.93. The Balaban J connectivity index is 0.00000121. The molecule has 12 heavy (non-hydrogen) atoms. The molecular formula is C8H8KNO2. The number of hydrogen-bond acceptors (Lipinski definition) is 3. The largest absolute Gasteiger partial charge is 1.00 e. The van der Waals surface area contributed by atoms with Crippen LogP contribution in [-0.4, -0.2) is 5.97 Å². The molecule has 0 amide bonds. The van der Waals surface area contributed by atoms with Crippen LogP contribution >= 0.6 is 0 Å². The number of aliphatic carboxylic acids is 1. The van der Waals surface area contributed by atoms with E-state index in [9.17, 15) is 9.90 Å². The zero-order valence-electron chi connectivity index (χ0n) is 6.91. The van der Waals surface area contributed by atoms with E-state index in [-0.39, 0.29) is 57.8 Å². The van der Waals surface area contributed by atoms with E-state index in [2.05, 4.69) is 0 Å². The van der Waals surface area contributed by atoms with Crippen LogP contribution in [0.15, 0.2) is 24.3 Å². The van der Waals surface area contributed by atoms with Gasteiger partial charge in [-0.1, -0.05) is 18.2 Å². The molecule has 2 N–H and O–H groups in total. The summed E-state index contributed by atoms with van der Waals surface area (Å²) in [6.45, 7) is 0. The maximum Gasteiger partial charge on any atom is 1.00 e. The molecule has 58 valence electrons. The minimum Gasteiger partial charge on any atom is -0.550 e. The summed E-state index contributed by atoms with van der Waals surface area (Å²) in [5, 5.41) is 10.2. The summed E-state index contributed by atoms with van der Waals surface area (Å²) in [5.41, 5.74) is 6.58. The smallest absolute Gasteiger partial charge is 0.550 e. The molecule has 0 unspecified atom stereocenters. The molecule has 0 spiro atoms. The molecule has 3 nitrogen and oxygen atoms in total. The summed E-state index contributed by atoms with van der Waals surface area (Å²) in [6, 6.07) is 6.84. The van der Waals surface area contributed by atoms with Crippen LogP contribution in [0.3, 0.4) is 0 Å². The zero-order valence-corrected chi connectivity index (χ0v) is 10.0. The van der Waals surface area contributed by atoms with Gasteiger partial charge in [0.2, 0.25) is 0 Å². The molecule has 1 aromatic carbocycles. The number of nitrogens with two attached hydrogens (primary N) is 1.